The number of aliphatic hydroxyl groups is 1. The van der Waals surface area contributed by atoms with Crippen LogP contribution in [0.25, 0.3) is 0 Å². The molecule has 3 saturated carbocycles. The fourth-order valence-corrected chi connectivity index (χ4v) is 10.1. The van der Waals surface area contributed by atoms with Crippen LogP contribution in [0.4, 0.5) is 4.39 Å². The lowest BCUT2D eigenvalue weighted by atomic mass is 9.48. The molecule has 0 aromatic heterocycles. The number of allylic oxidation sites excluding steroid dienone is 9. The third-order valence-electron chi connectivity index (χ3n) is 13.0. The van der Waals surface area contributed by atoms with Crippen molar-refractivity contribution in [1.82, 2.24) is 0 Å². The number of Topliss-reactive ketones (excluding diaryl/α,β-unsaturated/α-hetero) is 1. The second-order valence-electron chi connectivity index (χ2n) is 16.3. The summed E-state index contributed by atoms with van der Waals surface area (Å²) in [5.41, 5.74) is -4.51. The summed E-state index contributed by atoms with van der Waals surface area (Å²) in [6, 6.07) is 0. The van der Waals surface area contributed by atoms with Gasteiger partial charge in [0.15, 0.2) is 23.7 Å². The van der Waals surface area contributed by atoms with Crippen molar-refractivity contribution in [1.29, 1.82) is 0 Å². The van der Waals surface area contributed by atoms with Gasteiger partial charge in [-0.05, 0) is 88.7 Å². The van der Waals surface area contributed by atoms with Crippen molar-refractivity contribution >= 4 is 17.5 Å². The number of unbranched alkanes of at least 4 members (excludes halogenated alkanes) is 9. The van der Waals surface area contributed by atoms with Crippen LogP contribution in [-0.4, -0.2) is 58.8 Å². The Labute approximate surface area is 311 Å². The Bertz CT molecular complexity index is 1430. The van der Waals surface area contributed by atoms with E-state index >= 15 is 4.39 Å². The third kappa shape index (κ3) is 7.99. The van der Waals surface area contributed by atoms with Crippen LogP contribution in [0.5, 0.6) is 0 Å². The van der Waals surface area contributed by atoms with Crippen LogP contribution in [0, 0.1) is 23.2 Å². The second-order valence-corrected chi connectivity index (χ2v) is 16.3. The summed E-state index contributed by atoms with van der Waals surface area (Å²) in [6.07, 6.45) is 28.5. The molecular formula is C44H63FO7. The molecule has 5 aliphatic rings. The zero-order valence-electron chi connectivity index (χ0n) is 32.0. The van der Waals surface area contributed by atoms with Gasteiger partial charge in [-0.3, -0.25) is 14.4 Å². The molecule has 0 aromatic rings. The maximum Gasteiger partial charge on any atom is 0.306 e. The van der Waals surface area contributed by atoms with Gasteiger partial charge in [0.05, 0.1) is 24.9 Å². The molecule has 0 amide bonds. The molecule has 1 aliphatic heterocycles. The molecule has 5 rings (SSSR count). The van der Waals surface area contributed by atoms with Crippen LogP contribution in [0.2, 0.25) is 0 Å². The number of carbonyl (C=O) groups is 3. The first-order valence-corrected chi connectivity index (χ1v) is 20.3. The summed E-state index contributed by atoms with van der Waals surface area (Å²) in [5.74, 6) is -1.46. The number of ketones is 2. The first-order valence-electron chi connectivity index (χ1n) is 20.3. The van der Waals surface area contributed by atoms with E-state index in [-0.39, 0.29) is 36.2 Å². The largest absolute Gasteiger partial charge is 0.499 e. The Morgan fingerprint density at radius 2 is 1.69 bits per heavy atom. The van der Waals surface area contributed by atoms with Gasteiger partial charge < -0.3 is 19.3 Å². The van der Waals surface area contributed by atoms with E-state index in [1.54, 1.807) is 13.0 Å². The van der Waals surface area contributed by atoms with E-state index in [1.165, 1.54) is 63.5 Å². The van der Waals surface area contributed by atoms with Crippen molar-refractivity contribution in [3.63, 3.8) is 0 Å². The summed E-state index contributed by atoms with van der Waals surface area (Å²) < 4.78 is 34.8. The normalized spacial score (nSPS) is 34.4. The second kappa shape index (κ2) is 17.5. The van der Waals surface area contributed by atoms with E-state index in [0.29, 0.717) is 38.0 Å². The lowest BCUT2D eigenvalue weighted by molar-refractivity contribution is -0.179. The van der Waals surface area contributed by atoms with Gasteiger partial charge in [0.2, 0.25) is 5.78 Å². The smallest absolute Gasteiger partial charge is 0.306 e. The lowest BCUT2D eigenvalue weighted by Gasteiger charge is -2.59. The molecule has 8 heteroatoms. The van der Waals surface area contributed by atoms with Crippen molar-refractivity contribution in [2.75, 3.05) is 13.2 Å². The average Bonchev–Trinajstić information content (AvgIpc) is 3.73. The van der Waals surface area contributed by atoms with Crippen molar-refractivity contribution in [2.45, 2.75) is 159 Å². The minimum Gasteiger partial charge on any atom is -0.499 e. The maximum absolute atomic E-state index is 17.3. The maximum atomic E-state index is 17.3. The highest BCUT2D eigenvalue weighted by Gasteiger charge is 2.88. The Kier molecular flexibility index (Phi) is 13.6. The van der Waals surface area contributed by atoms with Gasteiger partial charge in [-0.15, -0.1) is 0 Å². The first-order chi connectivity index (χ1) is 25.0. The minimum atomic E-state index is -1.98. The molecule has 0 aromatic carbocycles. The number of halogens is 1. The van der Waals surface area contributed by atoms with Crippen molar-refractivity contribution < 1.29 is 38.1 Å². The van der Waals surface area contributed by atoms with Crippen LogP contribution in [-0.2, 0) is 28.6 Å². The monoisotopic (exact) mass is 722 g/mol. The molecule has 1 saturated heterocycles. The van der Waals surface area contributed by atoms with Crippen molar-refractivity contribution in [3.05, 3.63) is 60.4 Å². The Morgan fingerprint density at radius 1 is 1.00 bits per heavy atom. The molecule has 1 heterocycles. The summed E-state index contributed by atoms with van der Waals surface area (Å²) in [4.78, 5) is 38.4. The van der Waals surface area contributed by atoms with Crippen LogP contribution in [0.1, 0.15) is 136 Å². The number of esters is 1. The molecule has 7 nitrogen and oxygen atoms in total. The Hall–Kier alpha value is -2.84. The van der Waals surface area contributed by atoms with Crippen molar-refractivity contribution in [3.8, 4) is 0 Å². The summed E-state index contributed by atoms with van der Waals surface area (Å²) in [7, 11) is 0. The predicted octanol–water partition coefficient (Wildman–Crippen LogP) is 9.34. The summed E-state index contributed by atoms with van der Waals surface area (Å²) in [6.45, 7) is 10.0. The number of hydrogen-bond donors (Lipinski definition) is 1. The fraction of sp³-hybridized carbons (Fsp3) is 0.705. The lowest BCUT2D eigenvalue weighted by Crippen LogP contribution is -2.66. The Balaban J connectivity index is 0.949. The quantitative estimate of drug-likeness (QED) is 0.0391. The molecule has 0 unspecified atom stereocenters. The van der Waals surface area contributed by atoms with Crippen LogP contribution in [0.15, 0.2) is 60.4 Å². The number of hydrogen-bond acceptors (Lipinski definition) is 7. The SMILES string of the molecule is C=C(CCC(=O)OCC(=O)[C@]12O[C@@]13C[C@H](O)[C@@]1(F)[C@@H](CCC4=CC(=O)C=C[C@@]41C)[C@@H]3C[C@H]2C)OCCCCCCCC/C=C\C/C=C\CCCCC. The first kappa shape index (κ1) is 40.3. The van der Waals surface area contributed by atoms with Gasteiger partial charge in [-0.25, -0.2) is 4.39 Å². The zero-order valence-corrected chi connectivity index (χ0v) is 32.0. The third-order valence-corrected chi connectivity index (χ3v) is 13.0. The van der Waals surface area contributed by atoms with E-state index in [4.69, 9.17) is 14.2 Å². The van der Waals surface area contributed by atoms with E-state index in [1.807, 2.05) is 6.92 Å². The summed E-state index contributed by atoms with van der Waals surface area (Å²) >= 11 is 0. The molecule has 0 radical (unpaired) electrons. The van der Waals surface area contributed by atoms with Gasteiger partial charge in [-0.1, -0.05) is 94.9 Å². The highest BCUT2D eigenvalue weighted by atomic mass is 19.1. The molecule has 1 N–H and O–H groups in total. The van der Waals surface area contributed by atoms with Gasteiger partial charge >= 0.3 is 5.97 Å². The standard InChI is InChI=1S/C44H63FO7/c1-5-6-7-8-9-10-11-12-13-14-15-16-17-18-19-20-27-50-33(3)21-24-40(49)51-31-39(48)44-32(2)28-37-36-23-22-34-29-35(46)25-26-41(34,4)43(36,45)38(47)30-42(37,44)52-44/h9-10,12-13,25-26,29,32,36-38,47H,3,5-8,11,14-24,27-28,30-31H2,1-2,4H3/b10-9-,13-12-/t32-,36+,37+,38+,41+,42-,43+,44+/m1/s1. The van der Waals surface area contributed by atoms with Crippen LogP contribution in [0.3, 0.4) is 0 Å². The number of carbonyl (C=O) groups excluding carboxylic acids is 3. The molecule has 0 bridgehead atoms. The topological polar surface area (TPSA) is 102 Å². The number of alkyl halides is 1. The van der Waals surface area contributed by atoms with E-state index in [9.17, 15) is 19.5 Å². The molecular weight excluding hydrogens is 659 g/mol. The zero-order chi connectivity index (χ0) is 37.4. The molecule has 4 fully saturated rings. The highest BCUT2D eigenvalue weighted by Crippen LogP contribution is 2.76. The van der Waals surface area contributed by atoms with E-state index in [2.05, 4.69) is 37.8 Å². The van der Waals surface area contributed by atoms with E-state index < -0.39 is 46.9 Å². The fourth-order valence-electron chi connectivity index (χ4n) is 10.1. The van der Waals surface area contributed by atoms with Gasteiger partial charge in [-0.2, -0.15) is 0 Å². The Morgan fingerprint density at radius 3 is 2.42 bits per heavy atom. The number of epoxide rings is 1. The molecule has 1 spiro atoms. The van der Waals surface area contributed by atoms with Gasteiger partial charge in [0, 0.05) is 24.2 Å². The number of rotatable bonds is 22. The van der Waals surface area contributed by atoms with Crippen LogP contribution >= 0.6 is 0 Å². The summed E-state index contributed by atoms with van der Waals surface area (Å²) in [5, 5.41) is 11.5. The number of aliphatic hydroxyl groups excluding tert-OH is 1. The number of fused-ring (bicyclic) bond motifs is 4. The highest BCUT2D eigenvalue weighted by molar-refractivity contribution is 6.01. The predicted molar refractivity (Wildman–Crippen MR) is 201 cm³/mol. The molecule has 288 valence electrons. The van der Waals surface area contributed by atoms with Gasteiger partial charge in [0.1, 0.15) is 5.60 Å². The van der Waals surface area contributed by atoms with Crippen molar-refractivity contribution in [2.24, 2.45) is 23.2 Å². The average molecular weight is 723 g/mol. The molecule has 8 atom stereocenters. The van der Waals surface area contributed by atoms with E-state index in [0.717, 1.165) is 31.3 Å². The minimum absolute atomic E-state index is 0.00825. The number of ether oxygens (including phenoxy) is 3. The van der Waals surface area contributed by atoms with Gasteiger partial charge in [0.25, 0.3) is 0 Å². The van der Waals surface area contributed by atoms with Crippen LogP contribution < -0.4 is 0 Å². The molecule has 52 heavy (non-hydrogen) atoms. The molecule has 4 aliphatic carbocycles.